The predicted molar refractivity (Wildman–Crippen MR) is 71.9 cm³/mol. The van der Waals surface area contributed by atoms with Crippen LogP contribution in [-0.4, -0.2) is 31.7 Å². The predicted octanol–water partition coefficient (Wildman–Crippen LogP) is 2.19. The smallest absolute Gasteiger partial charge is 0.256 e. The lowest BCUT2D eigenvalue weighted by Gasteiger charge is -2.34. The van der Waals surface area contributed by atoms with E-state index in [2.05, 4.69) is 10.6 Å². The van der Waals surface area contributed by atoms with Crippen molar-refractivity contribution in [3.8, 4) is 0 Å². The summed E-state index contributed by atoms with van der Waals surface area (Å²) in [5, 5.41) is 5.89. The summed E-state index contributed by atoms with van der Waals surface area (Å²) in [5.74, 6) is -0.734. The van der Waals surface area contributed by atoms with Crippen LogP contribution >= 0.6 is 11.6 Å². The van der Waals surface area contributed by atoms with Crippen LogP contribution in [0.4, 0.5) is 10.1 Å². The van der Waals surface area contributed by atoms with E-state index in [9.17, 15) is 9.18 Å². The Morgan fingerprint density at radius 2 is 2.16 bits per heavy atom. The van der Waals surface area contributed by atoms with E-state index < -0.39 is 11.4 Å². The average molecular weight is 287 g/mol. The van der Waals surface area contributed by atoms with E-state index in [1.54, 1.807) is 0 Å². The normalized spacial score (nSPS) is 18.1. The van der Waals surface area contributed by atoms with Gasteiger partial charge >= 0.3 is 0 Å². The molecule has 1 heterocycles. The van der Waals surface area contributed by atoms with Crippen LogP contribution in [0.2, 0.25) is 5.02 Å². The molecular formula is C13H16ClFN2O2. The van der Waals surface area contributed by atoms with Gasteiger partial charge in [-0.2, -0.15) is 0 Å². The molecule has 1 fully saturated rings. The SMILES string of the molecule is COC1(C(=O)Nc2ccc(F)c(Cl)c2)CCNCC1. The zero-order valence-corrected chi connectivity index (χ0v) is 11.4. The lowest BCUT2D eigenvalue weighted by molar-refractivity contribution is -0.140. The largest absolute Gasteiger partial charge is 0.368 e. The molecule has 2 rings (SSSR count). The number of ether oxygens (including phenoxy) is 1. The lowest BCUT2D eigenvalue weighted by Crippen LogP contribution is -2.51. The molecule has 0 aliphatic carbocycles. The molecule has 104 valence electrons. The number of methoxy groups -OCH3 is 1. The highest BCUT2D eigenvalue weighted by molar-refractivity contribution is 6.31. The molecule has 1 amide bonds. The third kappa shape index (κ3) is 3.05. The molecule has 1 aliphatic heterocycles. The number of anilines is 1. The molecule has 0 aromatic heterocycles. The number of piperidine rings is 1. The maximum Gasteiger partial charge on any atom is 0.256 e. The Kier molecular flexibility index (Phi) is 4.39. The van der Waals surface area contributed by atoms with Crippen LogP contribution in [0.5, 0.6) is 0 Å². The minimum absolute atomic E-state index is 0.0189. The fourth-order valence-corrected chi connectivity index (χ4v) is 2.35. The van der Waals surface area contributed by atoms with Crippen molar-refractivity contribution in [2.75, 3.05) is 25.5 Å². The molecule has 1 saturated heterocycles. The Morgan fingerprint density at radius 1 is 1.47 bits per heavy atom. The zero-order chi connectivity index (χ0) is 13.9. The molecule has 1 aromatic carbocycles. The molecule has 0 saturated carbocycles. The fraction of sp³-hybridized carbons (Fsp3) is 0.462. The molecule has 2 N–H and O–H groups in total. The maximum absolute atomic E-state index is 13.1. The van der Waals surface area contributed by atoms with Crippen LogP contribution in [0.15, 0.2) is 18.2 Å². The molecule has 19 heavy (non-hydrogen) atoms. The van der Waals surface area contributed by atoms with Gasteiger partial charge in [-0.15, -0.1) is 0 Å². The number of carbonyl (C=O) groups is 1. The third-order valence-corrected chi connectivity index (χ3v) is 3.68. The van der Waals surface area contributed by atoms with Crippen molar-refractivity contribution in [2.24, 2.45) is 0 Å². The highest BCUT2D eigenvalue weighted by Gasteiger charge is 2.39. The second kappa shape index (κ2) is 5.86. The number of carbonyl (C=O) groups excluding carboxylic acids is 1. The molecule has 0 unspecified atom stereocenters. The third-order valence-electron chi connectivity index (χ3n) is 3.39. The van der Waals surface area contributed by atoms with Gasteiger partial charge in [-0.3, -0.25) is 4.79 Å². The van der Waals surface area contributed by atoms with Gasteiger partial charge in [-0.05, 0) is 44.1 Å². The first-order chi connectivity index (χ1) is 9.07. The summed E-state index contributed by atoms with van der Waals surface area (Å²) in [6.07, 6.45) is 1.20. The minimum atomic E-state index is -0.827. The number of hydrogen-bond acceptors (Lipinski definition) is 3. The summed E-state index contributed by atoms with van der Waals surface area (Å²) in [5.41, 5.74) is -0.363. The van der Waals surface area contributed by atoms with E-state index in [1.807, 2.05) is 0 Å². The summed E-state index contributed by atoms with van der Waals surface area (Å²) < 4.78 is 18.5. The van der Waals surface area contributed by atoms with Crippen LogP contribution < -0.4 is 10.6 Å². The van der Waals surface area contributed by atoms with Crippen molar-refractivity contribution < 1.29 is 13.9 Å². The van der Waals surface area contributed by atoms with Gasteiger partial charge in [-0.1, -0.05) is 11.6 Å². The van der Waals surface area contributed by atoms with E-state index >= 15 is 0 Å². The molecule has 0 spiro atoms. The Hall–Kier alpha value is -1.17. The number of amides is 1. The number of benzene rings is 1. The highest BCUT2D eigenvalue weighted by atomic mass is 35.5. The van der Waals surface area contributed by atoms with Crippen LogP contribution in [0.25, 0.3) is 0 Å². The van der Waals surface area contributed by atoms with Crippen molar-refractivity contribution in [1.82, 2.24) is 5.32 Å². The number of hydrogen-bond donors (Lipinski definition) is 2. The number of nitrogens with one attached hydrogen (secondary N) is 2. The van der Waals surface area contributed by atoms with Crippen LogP contribution in [-0.2, 0) is 9.53 Å². The summed E-state index contributed by atoms with van der Waals surface area (Å²) in [6.45, 7) is 1.46. The molecule has 1 aromatic rings. The molecule has 0 atom stereocenters. The van der Waals surface area contributed by atoms with E-state index in [0.29, 0.717) is 18.5 Å². The Morgan fingerprint density at radius 3 is 2.74 bits per heavy atom. The van der Waals surface area contributed by atoms with Crippen molar-refractivity contribution >= 4 is 23.2 Å². The van der Waals surface area contributed by atoms with Gasteiger partial charge in [0.2, 0.25) is 0 Å². The minimum Gasteiger partial charge on any atom is -0.368 e. The summed E-state index contributed by atoms with van der Waals surface area (Å²) in [4.78, 5) is 12.3. The first kappa shape index (κ1) is 14.2. The molecule has 0 radical (unpaired) electrons. The van der Waals surface area contributed by atoms with Gasteiger partial charge in [0.1, 0.15) is 11.4 Å². The Bertz CT molecular complexity index is 476. The van der Waals surface area contributed by atoms with Crippen molar-refractivity contribution in [2.45, 2.75) is 18.4 Å². The van der Waals surface area contributed by atoms with E-state index in [-0.39, 0.29) is 10.9 Å². The lowest BCUT2D eigenvalue weighted by atomic mass is 9.91. The first-order valence-electron chi connectivity index (χ1n) is 6.10. The van der Waals surface area contributed by atoms with Gasteiger partial charge in [-0.25, -0.2) is 4.39 Å². The van der Waals surface area contributed by atoms with Crippen LogP contribution in [0.3, 0.4) is 0 Å². The second-order valence-corrected chi connectivity index (χ2v) is 4.94. The second-order valence-electron chi connectivity index (χ2n) is 4.53. The monoisotopic (exact) mass is 286 g/mol. The zero-order valence-electron chi connectivity index (χ0n) is 10.6. The standard InChI is InChI=1S/C13H16ClFN2O2/c1-19-13(4-6-16-7-5-13)12(18)17-9-2-3-11(15)10(14)8-9/h2-3,8,16H,4-7H2,1H3,(H,17,18). The van der Waals surface area contributed by atoms with Gasteiger partial charge in [0.05, 0.1) is 5.02 Å². The van der Waals surface area contributed by atoms with Gasteiger partial charge < -0.3 is 15.4 Å². The van der Waals surface area contributed by atoms with E-state index in [4.69, 9.17) is 16.3 Å². The van der Waals surface area contributed by atoms with E-state index in [0.717, 1.165) is 13.1 Å². The van der Waals surface area contributed by atoms with E-state index in [1.165, 1.54) is 25.3 Å². The maximum atomic E-state index is 13.1. The molecular weight excluding hydrogens is 271 g/mol. The molecule has 0 bridgehead atoms. The summed E-state index contributed by atoms with van der Waals surface area (Å²) >= 11 is 5.68. The van der Waals surface area contributed by atoms with Gasteiger partial charge in [0, 0.05) is 12.8 Å². The number of rotatable bonds is 3. The first-order valence-corrected chi connectivity index (χ1v) is 6.47. The average Bonchev–Trinajstić information content (AvgIpc) is 2.43. The molecule has 4 nitrogen and oxygen atoms in total. The van der Waals surface area contributed by atoms with Gasteiger partial charge in [0.15, 0.2) is 0 Å². The van der Waals surface area contributed by atoms with Crippen LogP contribution in [0, 0.1) is 5.82 Å². The summed E-state index contributed by atoms with van der Waals surface area (Å²) in [7, 11) is 1.53. The number of halogens is 2. The quantitative estimate of drug-likeness (QED) is 0.895. The van der Waals surface area contributed by atoms with Crippen LogP contribution in [0.1, 0.15) is 12.8 Å². The van der Waals surface area contributed by atoms with Crippen molar-refractivity contribution in [3.05, 3.63) is 29.0 Å². The molecule has 6 heteroatoms. The summed E-state index contributed by atoms with van der Waals surface area (Å²) in [6, 6.07) is 4.09. The van der Waals surface area contributed by atoms with Crippen molar-refractivity contribution in [3.63, 3.8) is 0 Å². The Labute approximate surface area is 116 Å². The topological polar surface area (TPSA) is 50.4 Å². The van der Waals surface area contributed by atoms with Crippen molar-refractivity contribution in [1.29, 1.82) is 0 Å². The van der Waals surface area contributed by atoms with Gasteiger partial charge in [0.25, 0.3) is 5.91 Å². The highest BCUT2D eigenvalue weighted by Crippen LogP contribution is 2.26. The fourth-order valence-electron chi connectivity index (χ4n) is 2.17. The molecule has 1 aliphatic rings. The Balaban J connectivity index is 2.12.